The van der Waals surface area contributed by atoms with Crippen molar-refractivity contribution < 1.29 is 4.74 Å². The molecule has 5 heteroatoms. The molecule has 5 nitrogen and oxygen atoms in total. The fourth-order valence-electron chi connectivity index (χ4n) is 3.04. The third-order valence-corrected chi connectivity index (χ3v) is 4.06. The molecule has 0 unspecified atom stereocenters. The molecule has 0 saturated heterocycles. The molecule has 1 aromatic rings. The van der Waals surface area contributed by atoms with Crippen LogP contribution in [-0.2, 0) is 4.74 Å². The zero-order valence-electron chi connectivity index (χ0n) is 11.8. The van der Waals surface area contributed by atoms with Gasteiger partial charge in [0.05, 0.1) is 29.7 Å². The standard InChI is InChI=1S/C14H22N4O/c1-10-13(16-14-15-8-9-19-14)11(2)18(17-10)12-6-4-3-5-7-12/h12H,3-9H2,1-2H3,(H,15,16). The van der Waals surface area contributed by atoms with Gasteiger partial charge >= 0.3 is 0 Å². The highest BCUT2D eigenvalue weighted by Gasteiger charge is 2.22. The van der Waals surface area contributed by atoms with Gasteiger partial charge in [-0.15, -0.1) is 0 Å². The van der Waals surface area contributed by atoms with Crippen LogP contribution in [0, 0.1) is 13.8 Å². The number of ether oxygens (including phenoxy) is 1. The van der Waals surface area contributed by atoms with Gasteiger partial charge in [0.15, 0.2) is 0 Å². The second-order valence-electron chi connectivity index (χ2n) is 5.44. The maximum atomic E-state index is 5.42. The zero-order chi connectivity index (χ0) is 13.2. The fraction of sp³-hybridized carbons (Fsp3) is 0.714. The Hall–Kier alpha value is -1.52. The van der Waals surface area contributed by atoms with Crippen LogP contribution in [0.15, 0.2) is 4.99 Å². The maximum Gasteiger partial charge on any atom is 0.289 e. The van der Waals surface area contributed by atoms with Crippen LogP contribution in [0.5, 0.6) is 0 Å². The number of rotatable bonds is 2. The minimum absolute atomic E-state index is 0.564. The molecule has 1 aliphatic carbocycles. The molecule has 1 fully saturated rings. The summed E-state index contributed by atoms with van der Waals surface area (Å²) in [5, 5.41) is 8.00. The van der Waals surface area contributed by atoms with Crippen LogP contribution < -0.4 is 5.32 Å². The minimum atomic E-state index is 0.564. The van der Waals surface area contributed by atoms with Gasteiger partial charge in [-0.05, 0) is 26.7 Å². The Bertz CT molecular complexity index is 486. The monoisotopic (exact) mass is 262 g/mol. The minimum Gasteiger partial charge on any atom is -0.463 e. The number of anilines is 1. The lowest BCUT2D eigenvalue weighted by atomic mass is 9.95. The van der Waals surface area contributed by atoms with E-state index in [-0.39, 0.29) is 0 Å². The molecule has 19 heavy (non-hydrogen) atoms. The van der Waals surface area contributed by atoms with Crippen LogP contribution in [-0.4, -0.2) is 29.0 Å². The Labute approximate surface area is 114 Å². The van der Waals surface area contributed by atoms with E-state index < -0.39 is 0 Å². The number of nitrogens with one attached hydrogen (secondary N) is 1. The van der Waals surface area contributed by atoms with Crippen LogP contribution in [0.4, 0.5) is 5.69 Å². The van der Waals surface area contributed by atoms with Crippen molar-refractivity contribution in [3.8, 4) is 0 Å². The molecule has 104 valence electrons. The highest BCUT2D eigenvalue weighted by Crippen LogP contribution is 2.31. The largest absolute Gasteiger partial charge is 0.463 e. The third-order valence-electron chi connectivity index (χ3n) is 4.06. The summed E-state index contributed by atoms with van der Waals surface area (Å²) in [6.07, 6.45) is 6.51. The van der Waals surface area contributed by atoms with E-state index in [1.807, 2.05) is 6.92 Å². The van der Waals surface area contributed by atoms with Crippen molar-refractivity contribution in [3.05, 3.63) is 11.4 Å². The molecule has 1 saturated carbocycles. The Kier molecular flexibility index (Phi) is 3.44. The lowest BCUT2D eigenvalue weighted by molar-refractivity contribution is 0.324. The second-order valence-corrected chi connectivity index (χ2v) is 5.44. The first kappa shape index (κ1) is 12.5. The first-order valence-electron chi connectivity index (χ1n) is 7.25. The van der Waals surface area contributed by atoms with Gasteiger partial charge in [0, 0.05) is 0 Å². The number of aliphatic imine (C=N–C) groups is 1. The molecule has 1 aliphatic heterocycles. The van der Waals surface area contributed by atoms with Gasteiger partial charge in [0.2, 0.25) is 0 Å². The lowest BCUT2D eigenvalue weighted by Gasteiger charge is -2.23. The molecule has 0 bridgehead atoms. The molecule has 1 N–H and O–H groups in total. The molecule has 0 aromatic carbocycles. The number of hydrogen-bond acceptors (Lipinski definition) is 4. The van der Waals surface area contributed by atoms with Crippen molar-refractivity contribution in [2.24, 2.45) is 4.99 Å². The molecule has 2 aliphatic rings. The smallest absolute Gasteiger partial charge is 0.289 e. The first-order chi connectivity index (χ1) is 9.25. The van der Waals surface area contributed by atoms with Gasteiger partial charge in [0.1, 0.15) is 6.61 Å². The van der Waals surface area contributed by atoms with Gasteiger partial charge in [-0.3, -0.25) is 4.68 Å². The molecule has 0 radical (unpaired) electrons. The summed E-state index contributed by atoms with van der Waals surface area (Å²) in [6.45, 7) is 5.60. The van der Waals surface area contributed by atoms with Crippen molar-refractivity contribution in [1.29, 1.82) is 0 Å². The van der Waals surface area contributed by atoms with Gasteiger partial charge in [-0.25, -0.2) is 4.99 Å². The van der Waals surface area contributed by atoms with Crippen LogP contribution in [0.3, 0.4) is 0 Å². The summed E-state index contributed by atoms with van der Waals surface area (Å²) >= 11 is 0. The van der Waals surface area contributed by atoms with E-state index in [0.717, 1.165) is 17.9 Å². The average Bonchev–Trinajstić information content (AvgIpc) is 3.03. The molecule has 0 spiro atoms. The summed E-state index contributed by atoms with van der Waals surface area (Å²) in [6, 6.07) is 1.20. The van der Waals surface area contributed by atoms with Crippen molar-refractivity contribution in [2.45, 2.75) is 52.0 Å². The Morgan fingerprint density at radius 1 is 1.21 bits per heavy atom. The second kappa shape index (κ2) is 5.23. The Morgan fingerprint density at radius 2 is 2.00 bits per heavy atom. The van der Waals surface area contributed by atoms with E-state index in [9.17, 15) is 0 Å². The van der Waals surface area contributed by atoms with E-state index in [0.29, 0.717) is 18.7 Å². The summed E-state index contributed by atoms with van der Waals surface area (Å²) in [4.78, 5) is 4.28. The third kappa shape index (κ3) is 2.46. The van der Waals surface area contributed by atoms with Gasteiger partial charge < -0.3 is 10.1 Å². The molecule has 3 rings (SSSR count). The number of aryl methyl sites for hydroxylation is 1. The van der Waals surface area contributed by atoms with Crippen molar-refractivity contribution in [1.82, 2.24) is 9.78 Å². The van der Waals surface area contributed by atoms with Crippen molar-refractivity contribution >= 4 is 11.7 Å². The fourth-order valence-corrected chi connectivity index (χ4v) is 3.04. The molecule has 0 atom stereocenters. The van der Waals surface area contributed by atoms with Crippen LogP contribution in [0.25, 0.3) is 0 Å². The molecular weight excluding hydrogens is 240 g/mol. The molecule has 0 amide bonds. The normalized spacial score (nSPS) is 20.2. The van der Waals surface area contributed by atoms with Crippen molar-refractivity contribution in [2.75, 3.05) is 18.5 Å². The number of aromatic nitrogens is 2. The summed E-state index contributed by atoms with van der Waals surface area (Å²) in [7, 11) is 0. The van der Waals surface area contributed by atoms with E-state index >= 15 is 0 Å². The highest BCUT2D eigenvalue weighted by atomic mass is 16.5. The van der Waals surface area contributed by atoms with Gasteiger partial charge in [0.25, 0.3) is 6.02 Å². The summed E-state index contributed by atoms with van der Waals surface area (Å²) < 4.78 is 7.62. The number of amidine groups is 1. The molecule has 1 aromatic heterocycles. The van der Waals surface area contributed by atoms with Crippen LogP contribution in [0.1, 0.15) is 49.5 Å². The van der Waals surface area contributed by atoms with Crippen LogP contribution >= 0.6 is 0 Å². The predicted octanol–water partition coefficient (Wildman–Crippen LogP) is 2.80. The number of nitrogens with zero attached hydrogens (tertiary/aromatic N) is 3. The first-order valence-corrected chi connectivity index (χ1v) is 7.25. The predicted molar refractivity (Wildman–Crippen MR) is 75.7 cm³/mol. The highest BCUT2D eigenvalue weighted by molar-refractivity contribution is 5.91. The van der Waals surface area contributed by atoms with E-state index in [1.165, 1.54) is 37.8 Å². The SMILES string of the molecule is Cc1nn(C2CCCCC2)c(C)c1NC1=NCCO1. The average molecular weight is 262 g/mol. The zero-order valence-corrected chi connectivity index (χ0v) is 11.8. The van der Waals surface area contributed by atoms with Gasteiger partial charge in [-0.1, -0.05) is 19.3 Å². The Balaban J connectivity index is 1.82. The molecular formula is C14H22N4O. The summed E-state index contributed by atoms with van der Waals surface area (Å²) in [5.41, 5.74) is 3.29. The Morgan fingerprint density at radius 3 is 2.68 bits per heavy atom. The molecule has 2 heterocycles. The number of hydrogen-bond donors (Lipinski definition) is 1. The van der Waals surface area contributed by atoms with Gasteiger partial charge in [-0.2, -0.15) is 5.10 Å². The van der Waals surface area contributed by atoms with Crippen molar-refractivity contribution in [3.63, 3.8) is 0 Å². The van der Waals surface area contributed by atoms with E-state index in [2.05, 4.69) is 21.9 Å². The summed E-state index contributed by atoms with van der Waals surface area (Å²) in [5.74, 6) is 0. The van der Waals surface area contributed by atoms with E-state index in [4.69, 9.17) is 9.84 Å². The maximum absolute atomic E-state index is 5.42. The topological polar surface area (TPSA) is 51.4 Å². The quantitative estimate of drug-likeness (QED) is 0.891. The van der Waals surface area contributed by atoms with Crippen LogP contribution in [0.2, 0.25) is 0 Å². The lowest BCUT2D eigenvalue weighted by Crippen LogP contribution is -2.16. The van der Waals surface area contributed by atoms with E-state index in [1.54, 1.807) is 0 Å².